The van der Waals surface area contributed by atoms with Crippen LogP contribution in [0.2, 0.25) is 0 Å². The Bertz CT molecular complexity index is 2560. The highest BCUT2D eigenvalue weighted by molar-refractivity contribution is 9.09. The summed E-state index contributed by atoms with van der Waals surface area (Å²) in [5.74, 6) is -0.197. The zero-order valence-electron chi connectivity index (χ0n) is 30.3. The number of pyridine rings is 4. The number of aliphatic hydroxyl groups is 1. The van der Waals surface area contributed by atoms with Gasteiger partial charge in [-0.2, -0.15) is 47.1 Å². The fourth-order valence-electron chi connectivity index (χ4n) is 5.04. The number of halogens is 7. The molecule has 0 aliphatic rings. The molecular weight excluding hydrogens is 894 g/mol. The van der Waals surface area contributed by atoms with Gasteiger partial charge in [0.25, 0.3) is 0 Å². The number of aliphatic hydroxyl groups excluding tert-OH is 1. The lowest BCUT2D eigenvalue weighted by Crippen LogP contribution is -2.24. The van der Waals surface area contributed by atoms with Crippen molar-refractivity contribution in [3.8, 4) is 46.0 Å². The Hall–Kier alpha value is -7.62. The standard InChI is InChI=1S/C17H12F3N7O3.C15H11F3N6O3.C2H2BrN/c18-17(19,20)15(30-6-4-21)10-1-2-13(24-7-10)26-9-11(8-25-26)12-3-5-23-16(22)14(12)27(28)29;16-15(17,18)13(25)8-1-2-11(21-5-8)23-7-9(6-22-23)10-3-4-20-14(19)12(10)24(26)27;3-1-2-4/h1-3,5,7-9,15H,6H2,(H2,22,23);1-7,13,25H,(H2,19,20);1H2. The van der Waals surface area contributed by atoms with E-state index >= 15 is 0 Å². The lowest BCUT2D eigenvalue weighted by atomic mass is 10.1. The predicted molar refractivity (Wildman–Crippen MR) is 202 cm³/mol. The average Bonchev–Trinajstić information content (AvgIpc) is 3.92. The molecule has 61 heavy (non-hydrogen) atoms. The predicted octanol–water partition coefficient (Wildman–Crippen LogP) is 6.28. The SMILES string of the molecule is N#CCBr.N#CCOC(c1ccc(-n2cc(-c3ccnc(N)c3[N+](=O)[O-])cn2)nc1)C(F)(F)F.Nc1nccc(-c2cnn(-c3ccc(C(O)C(F)(F)F)cn3)c2)c1[N+](=O)[O-]. The van der Waals surface area contributed by atoms with Crippen molar-refractivity contribution in [3.05, 3.63) is 117 Å². The number of rotatable bonds is 10. The largest absolute Gasteiger partial charge is 0.418 e. The van der Waals surface area contributed by atoms with E-state index in [1.165, 1.54) is 76.9 Å². The third-order valence-corrected chi connectivity index (χ3v) is 7.92. The second-order valence-electron chi connectivity index (χ2n) is 11.6. The van der Waals surface area contributed by atoms with E-state index in [1.807, 2.05) is 6.07 Å². The first kappa shape index (κ1) is 46.1. The molecule has 0 spiro atoms. The summed E-state index contributed by atoms with van der Waals surface area (Å²) < 4.78 is 84.0. The van der Waals surface area contributed by atoms with Gasteiger partial charge in [0.2, 0.25) is 11.6 Å². The van der Waals surface area contributed by atoms with Crippen molar-refractivity contribution in [1.29, 1.82) is 10.5 Å². The minimum absolute atomic E-state index is 0.157. The summed E-state index contributed by atoms with van der Waals surface area (Å²) >= 11 is 2.89. The van der Waals surface area contributed by atoms with Gasteiger partial charge in [0, 0.05) is 59.4 Å². The fourth-order valence-corrected chi connectivity index (χ4v) is 5.04. The van der Waals surface area contributed by atoms with Crippen LogP contribution in [-0.2, 0) is 4.74 Å². The Morgan fingerprint density at radius 3 is 1.52 bits per heavy atom. The molecule has 27 heteroatoms. The zero-order valence-corrected chi connectivity index (χ0v) is 31.9. The first-order valence-electron chi connectivity index (χ1n) is 16.4. The van der Waals surface area contributed by atoms with E-state index in [0.717, 1.165) is 24.5 Å². The van der Waals surface area contributed by atoms with Crippen LogP contribution in [0.25, 0.3) is 33.9 Å². The smallest absolute Gasteiger partial charge is 0.379 e. The number of alkyl halides is 7. The normalized spacial score (nSPS) is 12.0. The second kappa shape index (κ2) is 19.9. The van der Waals surface area contributed by atoms with Gasteiger partial charge in [0.15, 0.2) is 23.8 Å². The highest BCUT2D eigenvalue weighted by Gasteiger charge is 2.42. The molecule has 0 radical (unpaired) electrons. The second-order valence-corrected chi connectivity index (χ2v) is 12.1. The van der Waals surface area contributed by atoms with E-state index in [9.17, 15) is 51.7 Å². The average molecular weight is 920 g/mol. The van der Waals surface area contributed by atoms with Crippen molar-refractivity contribution in [3.63, 3.8) is 0 Å². The minimum atomic E-state index is -4.80. The molecule has 2 unspecified atom stereocenters. The summed E-state index contributed by atoms with van der Waals surface area (Å²) in [5.41, 5.74) is 10.7. The summed E-state index contributed by atoms with van der Waals surface area (Å²) in [6, 6.07) is 10.8. The third kappa shape index (κ3) is 11.5. The van der Waals surface area contributed by atoms with Crippen LogP contribution in [0.1, 0.15) is 23.3 Å². The maximum atomic E-state index is 13.1. The molecule has 6 aromatic rings. The first-order chi connectivity index (χ1) is 28.8. The lowest BCUT2D eigenvalue weighted by Gasteiger charge is -2.19. The van der Waals surface area contributed by atoms with Crippen molar-refractivity contribution in [2.24, 2.45) is 0 Å². The molecular formula is C34H25BrF6N14O6. The van der Waals surface area contributed by atoms with Crippen molar-refractivity contribution >= 4 is 38.9 Å². The highest BCUT2D eigenvalue weighted by atomic mass is 79.9. The van der Waals surface area contributed by atoms with E-state index in [2.05, 4.69) is 50.8 Å². The summed E-state index contributed by atoms with van der Waals surface area (Å²) in [4.78, 5) is 36.3. The third-order valence-electron chi connectivity index (χ3n) is 7.67. The fraction of sp³-hybridized carbons (Fsp3) is 0.176. The van der Waals surface area contributed by atoms with E-state index < -0.39 is 46.6 Å². The van der Waals surface area contributed by atoms with Gasteiger partial charge in [-0.3, -0.25) is 20.2 Å². The molecule has 5 N–H and O–H groups in total. The Labute approximate surface area is 345 Å². The number of nitrogen functional groups attached to an aromatic ring is 2. The van der Waals surface area contributed by atoms with Gasteiger partial charge >= 0.3 is 23.7 Å². The summed E-state index contributed by atoms with van der Waals surface area (Å²) in [7, 11) is 0. The van der Waals surface area contributed by atoms with Gasteiger partial charge in [-0.1, -0.05) is 28.1 Å². The van der Waals surface area contributed by atoms with E-state index in [4.69, 9.17) is 22.0 Å². The number of anilines is 2. The van der Waals surface area contributed by atoms with Gasteiger partial charge in [-0.05, 0) is 24.3 Å². The maximum absolute atomic E-state index is 13.1. The van der Waals surface area contributed by atoms with Crippen LogP contribution in [0, 0.1) is 42.9 Å². The maximum Gasteiger partial charge on any atom is 0.418 e. The molecule has 20 nitrogen and oxygen atoms in total. The molecule has 316 valence electrons. The van der Waals surface area contributed by atoms with Crippen molar-refractivity contribution in [2.45, 2.75) is 24.6 Å². The molecule has 2 atom stereocenters. The van der Waals surface area contributed by atoms with E-state index in [1.54, 1.807) is 0 Å². The summed E-state index contributed by atoms with van der Waals surface area (Å²) in [5, 5.41) is 56.2. The summed E-state index contributed by atoms with van der Waals surface area (Å²) in [6.07, 6.45) is -4.55. The zero-order chi connectivity index (χ0) is 45.1. The van der Waals surface area contributed by atoms with Crippen LogP contribution in [0.4, 0.5) is 49.4 Å². The van der Waals surface area contributed by atoms with Crippen molar-refractivity contribution in [1.82, 2.24) is 39.5 Å². The van der Waals surface area contributed by atoms with Crippen LogP contribution in [-0.4, -0.2) is 78.7 Å². The number of ether oxygens (including phenoxy) is 1. The number of nitro groups is 2. The van der Waals surface area contributed by atoms with Gasteiger partial charge in [0.05, 0.1) is 50.8 Å². The van der Waals surface area contributed by atoms with Crippen LogP contribution in [0.5, 0.6) is 0 Å². The Morgan fingerprint density at radius 1 is 0.738 bits per heavy atom. The van der Waals surface area contributed by atoms with Crippen LogP contribution >= 0.6 is 15.9 Å². The van der Waals surface area contributed by atoms with Crippen molar-refractivity contribution in [2.75, 3.05) is 23.4 Å². The molecule has 0 aromatic carbocycles. The number of hydrogen-bond acceptors (Lipinski definition) is 16. The highest BCUT2D eigenvalue weighted by Crippen LogP contribution is 2.37. The molecule has 0 fully saturated rings. The molecule has 6 heterocycles. The number of nitriles is 2. The molecule has 0 aliphatic heterocycles. The van der Waals surface area contributed by atoms with E-state index in [-0.39, 0.29) is 51.3 Å². The topological polar surface area (TPSA) is 303 Å². The Balaban J connectivity index is 0.000000248. The molecule has 0 saturated heterocycles. The number of aromatic nitrogens is 8. The van der Waals surface area contributed by atoms with Crippen LogP contribution < -0.4 is 11.5 Å². The minimum Gasteiger partial charge on any atom is -0.379 e. The quantitative estimate of drug-likeness (QED) is 0.0589. The molecule has 0 saturated carbocycles. The van der Waals surface area contributed by atoms with Gasteiger partial charge in [0.1, 0.15) is 6.61 Å². The van der Waals surface area contributed by atoms with Crippen LogP contribution in [0.15, 0.2) is 86.0 Å². The number of hydrogen-bond donors (Lipinski definition) is 3. The van der Waals surface area contributed by atoms with Crippen LogP contribution in [0.3, 0.4) is 0 Å². The van der Waals surface area contributed by atoms with Gasteiger partial charge < -0.3 is 21.3 Å². The molecule has 0 bridgehead atoms. The number of nitrogens with zero attached hydrogens (tertiary/aromatic N) is 12. The Morgan fingerprint density at radius 2 is 1.18 bits per heavy atom. The molecule has 0 amide bonds. The summed E-state index contributed by atoms with van der Waals surface area (Å²) in [6.45, 7) is -0.734. The van der Waals surface area contributed by atoms with Crippen molar-refractivity contribution < 1.29 is 46.0 Å². The Kier molecular flexibility index (Phi) is 15.0. The lowest BCUT2D eigenvalue weighted by molar-refractivity contribution is -0.383. The molecule has 6 rings (SSSR count). The number of nitrogens with two attached hydrogens (primary N) is 2. The monoisotopic (exact) mass is 918 g/mol. The molecule has 0 aliphatic carbocycles. The first-order valence-corrected chi connectivity index (χ1v) is 17.5. The van der Waals surface area contributed by atoms with Gasteiger partial charge in [-0.25, -0.2) is 29.3 Å². The van der Waals surface area contributed by atoms with Gasteiger partial charge in [-0.15, -0.1) is 0 Å². The van der Waals surface area contributed by atoms with E-state index in [0.29, 0.717) is 16.5 Å². The molecule has 6 aromatic heterocycles.